The van der Waals surface area contributed by atoms with E-state index < -0.39 is 0 Å². The lowest BCUT2D eigenvalue weighted by Crippen LogP contribution is -2.04. The van der Waals surface area contributed by atoms with Gasteiger partial charge in [0.1, 0.15) is 0 Å². The number of pyridine rings is 1. The van der Waals surface area contributed by atoms with Gasteiger partial charge >= 0.3 is 0 Å². The molecule has 2 aromatic heterocycles. The van der Waals surface area contributed by atoms with E-state index in [1.807, 2.05) is 12.1 Å². The third kappa shape index (κ3) is 2.19. The molecular formula is C10H10N4O. The van der Waals surface area contributed by atoms with Gasteiger partial charge < -0.3 is 5.32 Å². The molecule has 0 aliphatic rings. The number of aromatic nitrogens is 3. The molecule has 0 aliphatic carbocycles. The van der Waals surface area contributed by atoms with E-state index in [0.29, 0.717) is 5.69 Å². The monoisotopic (exact) mass is 202 g/mol. The first kappa shape index (κ1) is 9.39. The van der Waals surface area contributed by atoms with Gasteiger partial charge in [-0.05, 0) is 12.1 Å². The number of anilines is 1. The number of hydrogen-bond donors (Lipinski definition) is 1. The summed E-state index contributed by atoms with van der Waals surface area (Å²) in [5.74, 6) is -0.107. The summed E-state index contributed by atoms with van der Waals surface area (Å²) >= 11 is 0. The Morgan fingerprint density at radius 3 is 2.80 bits per heavy atom. The van der Waals surface area contributed by atoms with Gasteiger partial charge in [-0.25, -0.2) is 4.68 Å². The Balaban J connectivity index is 2.24. The van der Waals surface area contributed by atoms with Crippen molar-refractivity contribution in [3.8, 4) is 5.69 Å². The van der Waals surface area contributed by atoms with Crippen LogP contribution < -0.4 is 5.32 Å². The van der Waals surface area contributed by atoms with E-state index >= 15 is 0 Å². The first-order valence-electron chi connectivity index (χ1n) is 4.48. The molecule has 0 bridgehead atoms. The molecule has 0 unspecified atom stereocenters. The van der Waals surface area contributed by atoms with E-state index in [1.54, 1.807) is 29.5 Å². The molecular weight excluding hydrogens is 192 g/mol. The van der Waals surface area contributed by atoms with Crippen molar-refractivity contribution in [1.82, 2.24) is 14.8 Å². The molecule has 5 nitrogen and oxygen atoms in total. The Kier molecular flexibility index (Phi) is 2.45. The molecule has 2 aromatic rings. The summed E-state index contributed by atoms with van der Waals surface area (Å²) in [5, 5.41) is 6.77. The predicted molar refractivity (Wildman–Crippen MR) is 55.7 cm³/mol. The highest BCUT2D eigenvalue weighted by molar-refractivity contribution is 5.88. The molecule has 0 fully saturated rings. The molecule has 1 amide bonds. The zero-order valence-corrected chi connectivity index (χ0v) is 8.21. The summed E-state index contributed by atoms with van der Waals surface area (Å²) < 4.78 is 1.67. The van der Waals surface area contributed by atoms with Gasteiger partial charge in [0.25, 0.3) is 0 Å². The molecule has 0 saturated heterocycles. The van der Waals surface area contributed by atoms with Crippen LogP contribution in [0.25, 0.3) is 5.69 Å². The lowest BCUT2D eigenvalue weighted by molar-refractivity contribution is -0.114. The molecule has 0 aliphatic heterocycles. The number of rotatable bonds is 2. The summed E-state index contributed by atoms with van der Waals surface area (Å²) in [7, 11) is 0. The van der Waals surface area contributed by atoms with Gasteiger partial charge in [0, 0.05) is 19.3 Å². The Bertz CT molecular complexity index is 463. The quantitative estimate of drug-likeness (QED) is 0.796. The minimum atomic E-state index is -0.107. The Labute approximate surface area is 86.8 Å². The second kappa shape index (κ2) is 3.91. The molecule has 76 valence electrons. The molecule has 0 aromatic carbocycles. The molecule has 15 heavy (non-hydrogen) atoms. The summed E-state index contributed by atoms with van der Waals surface area (Å²) in [6, 6.07) is 3.68. The smallest absolute Gasteiger partial charge is 0.221 e. The highest BCUT2D eigenvalue weighted by atomic mass is 16.1. The van der Waals surface area contributed by atoms with Crippen molar-refractivity contribution in [2.45, 2.75) is 6.92 Å². The second-order valence-corrected chi connectivity index (χ2v) is 3.06. The van der Waals surface area contributed by atoms with Gasteiger partial charge in [-0.1, -0.05) is 0 Å². The maximum Gasteiger partial charge on any atom is 0.221 e. The topological polar surface area (TPSA) is 59.8 Å². The van der Waals surface area contributed by atoms with Crippen molar-refractivity contribution in [1.29, 1.82) is 0 Å². The normalized spacial score (nSPS) is 9.93. The average Bonchev–Trinajstić information content (AvgIpc) is 2.67. The largest absolute Gasteiger partial charge is 0.324 e. The van der Waals surface area contributed by atoms with Crippen LogP contribution in [0.1, 0.15) is 6.92 Å². The number of hydrogen-bond acceptors (Lipinski definition) is 3. The fourth-order valence-corrected chi connectivity index (χ4v) is 1.23. The predicted octanol–water partition coefficient (Wildman–Crippen LogP) is 1.23. The number of nitrogens with one attached hydrogen (secondary N) is 1. The van der Waals surface area contributed by atoms with Crippen molar-refractivity contribution in [3.63, 3.8) is 0 Å². The molecule has 1 N–H and O–H groups in total. The molecule has 5 heteroatoms. The third-order valence-electron chi connectivity index (χ3n) is 1.83. The minimum absolute atomic E-state index is 0.107. The highest BCUT2D eigenvalue weighted by Crippen LogP contribution is 2.10. The van der Waals surface area contributed by atoms with Crippen LogP contribution in [0.2, 0.25) is 0 Å². The third-order valence-corrected chi connectivity index (χ3v) is 1.83. The summed E-state index contributed by atoms with van der Waals surface area (Å²) in [4.78, 5) is 14.7. The van der Waals surface area contributed by atoms with E-state index in [4.69, 9.17) is 0 Å². The molecule has 2 heterocycles. The average molecular weight is 202 g/mol. The van der Waals surface area contributed by atoms with Crippen LogP contribution in [-0.2, 0) is 4.79 Å². The standard InChI is InChI=1S/C10H10N4O/c1-8(15)13-9-6-12-14(7-9)10-2-4-11-5-3-10/h2-7H,1H3,(H,13,15). The SMILES string of the molecule is CC(=O)Nc1cnn(-c2ccncc2)c1. The fourth-order valence-electron chi connectivity index (χ4n) is 1.23. The van der Waals surface area contributed by atoms with Gasteiger partial charge in [0.2, 0.25) is 5.91 Å². The molecule has 0 spiro atoms. The van der Waals surface area contributed by atoms with Crippen molar-refractivity contribution < 1.29 is 4.79 Å². The number of nitrogens with zero attached hydrogens (tertiary/aromatic N) is 3. The van der Waals surface area contributed by atoms with Gasteiger partial charge in [-0.3, -0.25) is 9.78 Å². The van der Waals surface area contributed by atoms with E-state index in [0.717, 1.165) is 5.69 Å². The first-order valence-corrected chi connectivity index (χ1v) is 4.48. The molecule has 0 atom stereocenters. The van der Waals surface area contributed by atoms with Gasteiger partial charge in [-0.2, -0.15) is 5.10 Å². The van der Waals surface area contributed by atoms with E-state index in [2.05, 4.69) is 15.4 Å². The fraction of sp³-hybridized carbons (Fsp3) is 0.100. The van der Waals surface area contributed by atoms with Crippen LogP contribution in [0.4, 0.5) is 5.69 Å². The summed E-state index contributed by atoms with van der Waals surface area (Å²) in [6.07, 6.45) is 6.72. The molecule has 2 rings (SSSR count). The zero-order valence-electron chi connectivity index (χ0n) is 8.21. The lowest BCUT2D eigenvalue weighted by atomic mass is 10.4. The molecule has 0 radical (unpaired) electrons. The van der Waals surface area contributed by atoms with Crippen LogP contribution in [0, 0.1) is 0 Å². The number of amides is 1. The molecule has 0 saturated carbocycles. The second-order valence-electron chi connectivity index (χ2n) is 3.06. The van der Waals surface area contributed by atoms with Crippen molar-refractivity contribution >= 4 is 11.6 Å². The van der Waals surface area contributed by atoms with E-state index in [-0.39, 0.29) is 5.91 Å². The van der Waals surface area contributed by atoms with Crippen LogP contribution in [0.15, 0.2) is 36.9 Å². The van der Waals surface area contributed by atoms with Crippen molar-refractivity contribution in [3.05, 3.63) is 36.9 Å². The Hall–Kier alpha value is -2.17. The van der Waals surface area contributed by atoms with Crippen LogP contribution in [0.3, 0.4) is 0 Å². The summed E-state index contributed by atoms with van der Waals surface area (Å²) in [6.45, 7) is 1.46. The number of carbonyl (C=O) groups excluding carboxylic acids is 1. The van der Waals surface area contributed by atoms with E-state index in [9.17, 15) is 4.79 Å². The van der Waals surface area contributed by atoms with Crippen LogP contribution in [0.5, 0.6) is 0 Å². The first-order chi connectivity index (χ1) is 7.25. The highest BCUT2D eigenvalue weighted by Gasteiger charge is 2.01. The Morgan fingerprint density at radius 2 is 2.13 bits per heavy atom. The van der Waals surface area contributed by atoms with Gasteiger partial charge in [0.15, 0.2) is 0 Å². The maximum atomic E-state index is 10.8. The Morgan fingerprint density at radius 1 is 1.40 bits per heavy atom. The van der Waals surface area contributed by atoms with Crippen molar-refractivity contribution in [2.24, 2.45) is 0 Å². The zero-order chi connectivity index (χ0) is 10.7. The van der Waals surface area contributed by atoms with Crippen LogP contribution in [-0.4, -0.2) is 20.7 Å². The minimum Gasteiger partial charge on any atom is -0.324 e. The number of carbonyl (C=O) groups is 1. The van der Waals surface area contributed by atoms with E-state index in [1.165, 1.54) is 6.92 Å². The van der Waals surface area contributed by atoms with Crippen molar-refractivity contribution in [2.75, 3.05) is 5.32 Å². The lowest BCUT2D eigenvalue weighted by Gasteiger charge is -1.98. The van der Waals surface area contributed by atoms with Crippen LogP contribution >= 0.6 is 0 Å². The van der Waals surface area contributed by atoms with Gasteiger partial charge in [-0.15, -0.1) is 0 Å². The van der Waals surface area contributed by atoms with Gasteiger partial charge in [0.05, 0.1) is 23.8 Å². The maximum absolute atomic E-state index is 10.8. The summed E-state index contributed by atoms with van der Waals surface area (Å²) in [5.41, 5.74) is 1.58.